The van der Waals surface area contributed by atoms with Crippen molar-refractivity contribution in [3.63, 3.8) is 0 Å². The number of aryl methyl sites for hydroxylation is 2. The maximum absolute atomic E-state index is 12.9. The number of rotatable bonds is 7. The molecule has 1 fully saturated rings. The Hall–Kier alpha value is -4.49. The van der Waals surface area contributed by atoms with E-state index in [1.54, 1.807) is 30.3 Å². The molecule has 10 heteroatoms. The standard InChI is InChI=1S/C26H24N4O6/c1-17-15-18(2)29-12-10-21(25(29)27-17)26(34)28-20-7-3-5-19(16-20)6-4-13-35-14-11-24(33)36-30-22(31)8-9-23(30)32/h3,5,7,10,12,15-16H,8-9,11,13-14H2,1-2H3,(H,28,34). The Balaban J connectivity index is 1.27. The van der Waals surface area contributed by atoms with Crippen LogP contribution in [0.2, 0.25) is 0 Å². The van der Waals surface area contributed by atoms with Gasteiger partial charge in [0.1, 0.15) is 12.3 Å². The summed E-state index contributed by atoms with van der Waals surface area (Å²) in [6.07, 6.45) is 1.79. The highest BCUT2D eigenvalue weighted by atomic mass is 16.7. The second kappa shape index (κ2) is 10.8. The first kappa shape index (κ1) is 24.6. The summed E-state index contributed by atoms with van der Waals surface area (Å²) in [5.41, 5.74) is 4.16. The predicted molar refractivity (Wildman–Crippen MR) is 129 cm³/mol. The quantitative estimate of drug-likeness (QED) is 0.308. The van der Waals surface area contributed by atoms with Gasteiger partial charge < -0.3 is 19.3 Å². The van der Waals surface area contributed by atoms with E-state index in [2.05, 4.69) is 22.1 Å². The molecule has 4 rings (SSSR count). The van der Waals surface area contributed by atoms with E-state index < -0.39 is 17.8 Å². The molecule has 3 aromatic rings. The SMILES string of the molecule is Cc1cc(C)n2ccc(C(=O)Nc3cccc(C#CCOCCC(=O)ON4C(=O)CCC4=O)c3)c2n1. The Morgan fingerprint density at radius 3 is 2.67 bits per heavy atom. The number of nitrogens with zero attached hydrogens (tertiary/aromatic N) is 3. The number of hydrogen-bond acceptors (Lipinski definition) is 7. The molecule has 0 bridgehead atoms. The highest BCUT2D eigenvalue weighted by Crippen LogP contribution is 2.17. The summed E-state index contributed by atoms with van der Waals surface area (Å²) in [5, 5.41) is 3.39. The zero-order valence-corrected chi connectivity index (χ0v) is 19.9. The number of fused-ring (bicyclic) bond motifs is 1. The van der Waals surface area contributed by atoms with Gasteiger partial charge in [0, 0.05) is 41.7 Å². The van der Waals surface area contributed by atoms with Gasteiger partial charge >= 0.3 is 5.97 Å². The van der Waals surface area contributed by atoms with Crippen molar-refractivity contribution in [2.45, 2.75) is 33.1 Å². The number of aromatic nitrogens is 2. The molecule has 1 aromatic carbocycles. The minimum atomic E-state index is -0.730. The summed E-state index contributed by atoms with van der Waals surface area (Å²) in [4.78, 5) is 56.7. The molecule has 10 nitrogen and oxygen atoms in total. The summed E-state index contributed by atoms with van der Waals surface area (Å²) in [5.74, 6) is 3.73. The molecule has 0 spiro atoms. The van der Waals surface area contributed by atoms with Crippen molar-refractivity contribution in [1.29, 1.82) is 0 Å². The van der Waals surface area contributed by atoms with Crippen molar-refractivity contribution in [3.05, 3.63) is 65.1 Å². The van der Waals surface area contributed by atoms with Crippen molar-refractivity contribution in [1.82, 2.24) is 14.4 Å². The van der Waals surface area contributed by atoms with Gasteiger partial charge in [0.15, 0.2) is 0 Å². The molecule has 0 unspecified atom stereocenters. The monoisotopic (exact) mass is 488 g/mol. The lowest BCUT2D eigenvalue weighted by Crippen LogP contribution is -2.32. The first-order valence-electron chi connectivity index (χ1n) is 11.3. The van der Waals surface area contributed by atoms with E-state index in [-0.39, 0.29) is 38.4 Å². The van der Waals surface area contributed by atoms with E-state index in [1.165, 1.54) is 0 Å². The lowest BCUT2D eigenvalue weighted by molar-refractivity contribution is -0.198. The predicted octanol–water partition coefficient (Wildman–Crippen LogP) is 2.57. The van der Waals surface area contributed by atoms with Crippen LogP contribution < -0.4 is 5.32 Å². The van der Waals surface area contributed by atoms with Gasteiger partial charge in [-0.15, -0.1) is 5.06 Å². The molecule has 3 heterocycles. The van der Waals surface area contributed by atoms with Gasteiger partial charge in [-0.2, -0.15) is 0 Å². The first-order valence-corrected chi connectivity index (χ1v) is 11.3. The number of nitrogens with one attached hydrogen (secondary N) is 1. The van der Waals surface area contributed by atoms with Crippen LogP contribution in [-0.4, -0.2) is 51.4 Å². The number of carbonyl (C=O) groups is 4. The molecule has 1 aliphatic rings. The number of anilines is 1. The third-order valence-electron chi connectivity index (χ3n) is 5.36. The Kier molecular flexibility index (Phi) is 7.42. The van der Waals surface area contributed by atoms with E-state index in [0.29, 0.717) is 27.5 Å². The number of carbonyl (C=O) groups excluding carboxylic acids is 4. The number of hydroxylamine groups is 2. The maximum Gasteiger partial charge on any atom is 0.335 e. The molecule has 0 saturated carbocycles. The normalized spacial score (nSPS) is 13.0. The summed E-state index contributed by atoms with van der Waals surface area (Å²) in [6, 6.07) is 10.8. The van der Waals surface area contributed by atoms with E-state index in [4.69, 9.17) is 9.57 Å². The van der Waals surface area contributed by atoms with Gasteiger partial charge in [0.25, 0.3) is 17.7 Å². The Labute approximate surface area is 207 Å². The van der Waals surface area contributed by atoms with E-state index in [0.717, 1.165) is 11.4 Å². The van der Waals surface area contributed by atoms with Crippen LogP contribution in [0.15, 0.2) is 42.6 Å². The van der Waals surface area contributed by atoms with E-state index in [9.17, 15) is 19.2 Å². The number of ether oxygens (including phenoxy) is 1. The minimum absolute atomic E-state index is 0.0262. The zero-order chi connectivity index (χ0) is 25.7. The average molecular weight is 489 g/mol. The van der Waals surface area contributed by atoms with Crippen LogP contribution in [0.1, 0.15) is 46.6 Å². The van der Waals surface area contributed by atoms with Crippen molar-refractivity contribution < 1.29 is 28.8 Å². The van der Waals surface area contributed by atoms with Crippen LogP contribution in [0.4, 0.5) is 5.69 Å². The van der Waals surface area contributed by atoms with Gasteiger partial charge in [-0.1, -0.05) is 17.9 Å². The second-order valence-electron chi connectivity index (χ2n) is 8.15. The largest absolute Gasteiger partial charge is 0.368 e. The summed E-state index contributed by atoms with van der Waals surface area (Å²) >= 11 is 0. The van der Waals surface area contributed by atoms with Gasteiger partial charge in [0.05, 0.1) is 18.6 Å². The highest BCUT2D eigenvalue weighted by molar-refractivity contribution is 6.08. The average Bonchev–Trinajstić information content (AvgIpc) is 3.40. The number of hydrogen-bond donors (Lipinski definition) is 1. The molecule has 1 aliphatic heterocycles. The molecular formula is C26H24N4O6. The summed E-state index contributed by atoms with van der Waals surface area (Å²) in [7, 11) is 0. The fourth-order valence-corrected chi connectivity index (χ4v) is 3.67. The molecule has 0 radical (unpaired) electrons. The molecular weight excluding hydrogens is 464 g/mol. The molecule has 184 valence electrons. The van der Waals surface area contributed by atoms with E-state index in [1.807, 2.05) is 30.5 Å². The van der Waals surface area contributed by atoms with Crippen molar-refractivity contribution in [3.8, 4) is 11.8 Å². The molecule has 2 aromatic heterocycles. The van der Waals surface area contributed by atoms with Crippen LogP contribution in [-0.2, 0) is 24.0 Å². The number of amides is 3. The van der Waals surface area contributed by atoms with Gasteiger partial charge in [-0.3, -0.25) is 14.4 Å². The lowest BCUT2D eigenvalue weighted by Gasteiger charge is -2.12. The third-order valence-corrected chi connectivity index (χ3v) is 5.36. The first-order chi connectivity index (χ1) is 17.3. The van der Waals surface area contributed by atoms with Crippen LogP contribution >= 0.6 is 0 Å². The molecule has 1 saturated heterocycles. The fourth-order valence-electron chi connectivity index (χ4n) is 3.67. The second-order valence-corrected chi connectivity index (χ2v) is 8.15. The Bertz CT molecular complexity index is 1400. The van der Waals surface area contributed by atoms with Gasteiger partial charge in [-0.25, -0.2) is 9.78 Å². The summed E-state index contributed by atoms with van der Waals surface area (Å²) < 4.78 is 7.18. The third kappa shape index (κ3) is 5.76. The van der Waals surface area contributed by atoms with Crippen molar-refractivity contribution in [2.75, 3.05) is 18.5 Å². The van der Waals surface area contributed by atoms with Crippen molar-refractivity contribution >= 4 is 35.0 Å². The maximum atomic E-state index is 12.9. The van der Waals surface area contributed by atoms with Crippen LogP contribution in [0, 0.1) is 25.7 Å². The van der Waals surface area contributed by atoms with Gasteiger partial charge in [-0.05, 0) is 44.2 Å². The van der Waals surface area contributed by atoms with Crippen LogP contribution in [0.3, 0.4) is 0 Å². The van der Waals surface area contributed by atoms with Crippen molar-refractivity contribution in [2.24, 2.45) is 0 Å². The number of imide groups is 1. The van der Waals surface area contributed by atoms with Crippen LogP contribution in [0.5, 0.6) is 0 Å². The topological polar surface area (TPSA) is 119 Å². The smallest absolute Gasteiger partial charge is 0.335 e. The molecule has 3 amide bonds. The Morgan fingerprint density at radius 2 is 1.89 bits per heavy atom. The fraction of sp³-hybridized carbons (Fsp3) is 0.269. The summed E-state index contributed by atoms with van der Waals surface area (Å²) in [6.45, 7) is 3.93. The van der Waals surface area contributed by atoms with Gasteiger partial charge in [0.2, 0.25) is 0 Å². The lowest BCUT2D eigenvalue weighted by atomic mass is 10.2. The zero-order valence-electron chi connectivity index (χ0n) is 19.9. The molecule has 1 N–H and O–H groups in total. The highest BCUT2D eigenvalue weighted by Gasteiger charge is 2.32. The molecule has 0 aliphatic carbocycles. The van der Waals surface area contributed by atoms with Crippen LogP contribution in [0.25, 0.3) is 5.65 Å². The van der Waals surface area contributed by atoms with E-state index >= 15 is 0 Å². The number of benzene rings is 1. The minimum Gasteiger partial charge on any atom is -0.368 e. The molecule has 36 heavy (non-hydrogen) atoms. The molecule has 0 atom stereocenters. The Morgan fingerprint density at radius 1 is 1.11 bits per heavy atom.